The van der Waals surface area contributed by atoms with E-state index in [1.54, 1.807) is 10.6 Å². The van der Waals surface area contributed by atoms with Gasteiger partial charge in [-0.05, 0) is 18.6 Å². The lowest BCUT2D eigenvalue weighted by Gasteiger charge is -2.37. The van der Waals surface area contributed by atoms with Gasteiger partial charge in [-0.2, -0.15) is 14.6 Å². The van der Waals surface area contributed by atoms with Crippen LogP contribution in [0.3, 0.4) is 0 Å². The largest absolute Gasteiger partial charge is 0.366 e. The van der Waals surface area contributed by atoms with Crippen LogP contribution in [0.4, 0.5) is 15.9 Å². The summed E-state index contributed by atoms with van der Waals surface area (Å²) >= 11 is 0. The number of aromatic nitrogens is 4. The van der Waals surface area contributed by atoms with E-state index >= 15 is 0 Å². The van der Waals surface area contributed by atoms with Crippen LogP contribution in [-0.4, -0.2) is 45.8 Å². The zero-order valence-electron chi connectivity index (χ0n) is 14.3. The molecule has 1 aromatic carbocycles. The second-order valence-corrected chi connectivity index (χ2v) is 6.25. The van der Waals surface area contributed by atoms with Gasteiger partial charge in [-0.25, -0.2) is 9.37 Å². The van der Waals surface area contributed by atoms with Crippen LogP contribution >= 0.6 is 0 Å². The molecular weight excluding hydrogens is 319 g/mol. The van der Waals surface area contributed by atoms with Crippen molar-refractivity contribution >= 4 is 17.3 Å². The van der Waals surface area contributed by atoms with Crippen LogP contribution in [0.1, 0.15) is 19.0 Å². The molecule has 0 saturated carbocycles. The molecule has 0 unspecified atom stereocenters. The van der Waals surface area contributed by atoms with Gasteiger partial charge in [0, 0.05) is 37.9 Å². The van der Waals surface area contributed by atoms with Crippen LogP contribution in [0.25, 0.3) is 5.78 Å². The van der Waals surface area contributed by atoms with E-state index in [4.69, 9.17) is 0 Å². The highest BCUT2D eigenvalue weighted by Crippen LogP contribution is 2.23. The summed E-state index contributed by atoms with van der Waals surface area (Å²) in [4.78, 5) is 13.2. The summed E-state index contributed by atoms with van der Waals surface area (Å²) < 4.78 is 15.8. The number of hydrogen-bond acceptors (Lipinski definition) is 5. The van der Waals surface area contributed by atoms with Crippen molar-refractivity contribution in [1.29, 1.82) is 0 Å². The van der Waals surface area contributed by atoms with Crippen molar-refractivity contribution < 1.29 is 4.39 Å². The van der Waals surface area contributed by atoms with Crippen LogP contribution in [0.15, 0.2) is 36.7 Å². The molecule has 2 aromatic heterocycles. The lowest BCUT2D eigenvalue weighted by Crippen LogP contribution is -2.47. The molecular formula is C18H21FN6. The van der Waals surface area contributed by atoms with Gasteiger partial charge in [0.05, 0.1) is 5.69 Å². The van der Waals surface area contributed by atoms with Gasteiger partial charge < -0.3 is 9.80 Å². The molecule has 1 aliphatic heterocycles. The molecule has 0 amide bonds. The average molecular weight is 340 g/mol. The highest BCUT2D eigenvalue weighted by atomic mass is 19.1. The fourth-order valence-corrected chi connectivity index (χ4v) is 3.34. The minimum absolute atomic E-state index is 0.163. The Morgan fingerprint density at radius 3 is 2.60 bits per heavy atom. The Bertz CT molecular complexity index is 869. The van der Waals surface area contributed by atoms with E-state index in [9.17, 15) is 4.39 Å². The Morgan fingerprint density at radius 2 is 1.84 bits per heavy atom. The number of nitrogens with zero attached hydrogens (tertiary/aromatic N) is 6. The summed E-state index contributed by atoms with van der Waals surface area (Å²) in [7, 11) is 0. The van der Waals surface area contributed by atoms with Gasteiger partial charge in [-0.15, -0.1) is 0 Å². The highest BCUT2D eigenvalue weighted by molar-refractivity contribution is 5.52. The van der Waals surface area contributed by atoms with Crippen molar-refractivity contribution in [2.75, 3.05) is 36.0 Å². The Balaban J connectivity index is 1.57. The Hall–Kier alpha value is -2.70. The first-order chi connectivity index (χ1) is 12.3. The zero-order valence-corrected chi connectivity index (χ0v) is 14.3. The summed E-state index contributed by atoms with van der Waals surface area (Å²) in [5.74, 6) is 1.49. The molecule has 130 valence electrons. The predicted molar refractivity (Wildman–Crippen MR) is 95.6 cm³/mol. The SMILES string of the molecule is CCCc1cc(N2CCN(c3ccccc3F)CC2)n2ncnc2n1. The maximum absolute atomic E-state index is 14.0. The fraction of sp³-hybridized carbons (Fsp3) is 0.389. The summed E-state index contributed by atoms with van der Waals surface area (Å²) in [5.41, 5.74) is 1.71. The molecule has 0 radical (unpaired) electrons. The topological polar surface area (TPSA) is 49.6 Å². The lowest BCUT2D eigenvalue weighted by molar-refractivity contribution is 0.593. The van der Waals surface area contributed by atoms with Crippen molar-refractivity contribution in [3.8, 4) is 0 Å². The average Bonchev–Trinajstić information content (AvgIpc) is 3.11. The Kier molecular flexibility index (Phi) is 4.21. The third kappa shape index (κ3) is 3.01. The summed E-state index contributed by atoms with van der Waals surface area (Å²) in [6.07, 6.45) is 3.50. The molecule has 0 aliphatic carbocycles. The van der Waals surface area contributed by atoms with E-state index in [0.717, 1.165) is 50.5 Å². The number of piperazine rings is 1. The minimum Gasteiger partial charge on any atom is -0.366 e. The summed E-state index contributed by atoms with van der Waals surface area (Å²) in [5, 5.41) is 4.31. The van der Waals surface area contributed by atoms with Crippen molar-refractivity contribution in [1.82, 2.24) is 19.6 Å². The smallest absolute Gasteiger partial charge is 0.254 e. The molecule has 3 heterocycles. The summed E-state index contributed by atoms with van der Waals surface area (Å²) in [6.45, 7) is 5.28. The van der Waals surface area contributed by atoms with Crippen LogP contribution in [0.2, 0.25) is 0 Å². The van der Waals surface area contributed by atoms with E-state index in [-0.39, 0.29) is 5.82 Å². The van der Waals surface area contributed by atoms with Crippen molar-refractivity contribution in [3.05, 3.63) is 48.2 Å². The van der Waals surface area contributed by atoms with Crippen LogP contribution in [0.5, 0.6) is 0 Å². The van der Waals surface area contributed by atoms with E-state index in [0.29, 0.717) is 11.5 Å². The minimum atomic E-state index is -0.163. The van der Waals surface area contributed by atoms with Gasteiger partial charge in [0.15, 0.2) is 0 Å². The van der Waals surface area contributed by atoms with Crippen molar-refractivity contribution in [2.24, 2.45) is 0 Å². The molecule has 0 N–H and O–H groups in total. The third-order valence-corrected chi connectivity index (χ3v) is 4.59. The van der Waals surface area contributed by atoms with Gasteiger partial charge in [-0.3, -0.25) is 0 Å². The van der Waals surface area contributed by atoms with Gasteiger partial charge >= 0.3 is 0 Å². The number of anilines is 2. The van der Waals surface area contributed by atoms with E-state index in [1.807, 2.05) is 12.1 Å². The van der Waals surface area contributed by atoms with E-state index in [2.05, 4.69) is 37.9 Å². The molecule has 1 aliphatic rings. The molecule has 25 heavy (non-hydrogen) atoms. The number of hydrogen-bond donors (Lipinski definition) is 0. The second kappa shape index (κ2) is 6.66. The number of aryl methyl sites for hydroxylation is 1. The lowest BCUT2D eigenvalue weighted by atomic mass is 10.2. The van der Waals surface area contributed by atoms with E-state index < -0.39 is 0 Å². The monoisotopic (exact) mass is 340 g/mol. The molecule has 0 spiro atoms. The number of para-hydroxylation sites is 1. The third-order valence-electron chi connectivity index (χ3n) is 4.59. The molecule has 1 fully saturated rings. The maximum Gasteiger partial charge on any atom is 0.254 e. The molecule has 6 nitrogen and oxygen atoms in total. The van der Waals surface area contributed by atoms with Gasteiger partial charge in [0.1, 0.15) is 18.0 Å². The van der Waals surface area contributed by atoms with Crippen LogP contribution in [0, 0.1) is 5.82 Å². The first-order valence-corrected chi connectivity index (χ1v) is 8.70. The zero-order chi connectivity index (χ0) is 17.2. The number of benzene rings is 1. The quantitative estimate of drug-likeness (QED) is 0.730. The van der Waals surface area contributed by atoms with Crippen molar-refractivity contribution in [2.45, 2.75) is 19.8 Å². The van der Waals surface area contributed by atoms with Crippen LogP contribution in [-0.2, 0) is 6.42 Å². The molecule has 1 saturated heterocycles. The van der Waals surface area contributed by atoms with Crippen LogP contribution < -0.4 is 9.80 Å². The first-order valence-electron chi connectivity index (χ1n) is 8.70. The molecule has 3 aromatic rings. The predicted octanol–water partition coefficient (Wildman–Crippen LogP) is 2.54. The molecule has 0 atom stereocenters. The fourth-order valence-electron chi connectivity index (χ4n) is 3.34. The maximum atomic E-state index is 14.0. The van der Waals surface area contributed by atoms with Gasteiger partial charge in [-0.1, -0.05) is 25.5 Å². The van der Waals surface area contributed by atoms with Crippen molar-refractivity contribution in [3.63, 3.8) is 0 Å². The first kappa shape index (κ1) is 15.8. The van der Waals surface area contributed by atoms with Gasteiger partial charge in [0.2, 0.25) is 0 Å². The standard InChI is InChI=1S/C18H21FN6/c1-2-5-14-12-17(25-18(22-14)20-13-21-25)24-10-8-23(9-11-24)16-7-4-3-6-15(16)19/h3-4,6-7,12-13H,2,5,8-11H2,1H3. The molecule has 7 heteroatoms. The normalized spacial score (nSPS) is 15.1. The Labute approximate surface area is 145 Å². The highest BCUT2D eigenvalue weighted by Gasteiger charge is 2.22. The van der Waals surface area contributed by atoms with Gasteiger partial charge in [0.25, 0.3) is 5.78 Å². The number of halogens is 1. The molecule has 4 rings (SSSR count). The summed E-state index contributed by atoms with van der Waals surface area (Å²) in [6, 6.07) is 9.06. The number of rotatable bonds is 4. The Morgan fingerprint density at radius 1 is 1.08 bits per heavy atom. The van der Waals surface area contributed by atoms with E-state index in [1.165, 1.54) is 12.4 Å². The number of fused-ring (bicyclic) bond motifs is 1. The molecule has 0 bridgehead atoms. The second-order valence-electron chi connectivity index (χ2n) is 6.25.